The fraction of sp³-hybridized carbons (Fsp3) is 1.00. The summed E-state index contributed by atoms with van der Waals surface area (Å²) in [7, 11) is 0. The van der Waals surface area contributed by atoms with Crippen molar-refractivity contribution in [2.24, 2.45) is 0 Å². The summed E-state index contributed by atoms with van der Waals surface area (Å²) in [5, 5.41) is 16.6. The molecule has 32 valence electrons. The van der Waals surface area contributed by atoms with Crippen molar-refractivity contribution in [1.29, 1.82) is 0 Å². The van der Waals surface area contributed by atoms with Crippen molar-refractivity contribution in [3.8, 4) is 0 Å². The first-order valence-electron chi connectivity index (χ1n) is 3.14. The summed E-state index contributed by atoms with van der Waals surface area (Å²) in [4.78, 5) is 0. The maximum atomic E-state index is 8.51. The Balaban J connectivity index is 4.14. The minimum atomic E-state index is -2.83. The number of hydrogen-bond acceptors (Lipinski definition) is 2. The molecule has 0 saturated heterocycles. The maximum absolute atomic E-state index is 8.51. The van der Waals surface area contributed by atoms with E-state index in [0.29, 0.717) is 0 Å². The zero-order valence-electron chi connectivity index (χ0n) is 6.60. The van der Waals surface area contributed by atoms with Crippen LogP contribution in [0.5, 0.6) is 0 Å². The SMILES string of the molecule is [2H]C([2H])([2H])C([2H])(O)CO. The summed E-state index contributed by atoms with van der Waals surface area (Å²) in [5.41, 5.74) is 0. The van der Waals surface area contributed by atoms with Gasteiger partial charge in [-0.25, -0.2) is 0 Å². The number of aliphatic hydroxyl groups is 2. The molecule has 0 aliphatic rings. The lowest BCUT2D eigenvalue weighted by Gasteiger charge is -1.90. The first kappa shape index (κ1) is 1.21. The minimum Gasteiger partial charge on any atom is -0.394 e. The summed E-state index contributed by atoms with van der Waals surface area (Å²) in [6.45, 7) is -3.91. The average Bonchev–Trinajstić information content (AvgIpc) is 1.64. The second-order valence-corrected chi connectivity index (χ2v) is 0.605. The van der Waals surface area contributed by atoms with E-state index in [1.165, 1.54) is 0 Å². The summed E-state index contributed by atoms with van der Waals surface area (Å²) < 4.78 is 26.0. The van der Waals surface area contributed by atoms with Gasteiger partial charge in [-0.1, -0.05) is 0 Å². The molecule has 0 aromatic carbocycles. The van der Waals surface area contributed by atoms with Crippen LogP contribution in [-0.2, 0) is 0 Å². The molecule has 0 aromatic rings. The van der Waals surface area contributed by atoms with Crippen molar-refractivity contribution >= 4 is 0 Å². The topological polar surface area (TPSA) is 40.5 Å². The fourth-order valence-electron chi connectivity index (χ4n) is 0. The highest BCUT2D eigenvalue weighted by Crippen LogP contribution is 1.68. The van der Waals surface area contributed by atoms with E-state index in [-0.39, 0.29) is 0 Å². The summed E-state index contributed by atoms with van der Waals surface area (Å²) >= 11 is 0. The van der Waals surface area contributed by atoms with E-state index in [4.69, 9.17) is 15.7 Å². The average molecular weight is 80.1 g/mol. The third-order valence-electron chi connectivity index (χ3n) is 0.150. The largest absolute Gasteiger partial charge is 0.394 e. The highest BCUT2D eigenvalue weighted by molar-refractivity contribution is 4.33. The second-order valence-electron chi connectivity index (χ2n) is 0.605. The summed E-state index contributed by atoms with van der Waals surface area (Å²) in [5.74, 6) is 0. The van der Waals surface area contributed by atoms with Crippen LogP contribution in [0.4, 0.5) is 0 Å². The molecule has 0 amide bonds. The van der Waals surface area contributed by atoms with E-state index in [0.717, 1.165) is 0 Å². The Kier molecular flexibility index (Phi) is 0.524. The number of rotatable bonds is 1. The van der Waals surface area contributed by atoms with Crippen molar-refractivity contribution in [2.75, 3.05) is 6.61 Å². The molecule has 0 heterocycles. The Hall–Kier alpha value is -0.0800. The Bertz CT molecular complexity index is 96.5. The van der Waals surface area contributed by atoms with Crippen LogP contribution in [0.3, 0.4) is 0 Å². The first-order chi connectivity index (χ1) is 3.81. The van der Waals surface area contributed by atoms with Gasteiger partial charge in [0.25, 0.3) is 0 Å². The molecule has 0 spiro atoms. The van der Waals surface area contributed by atoms with Gasteiger partial charge in [-0.2, -0.15) is 0 Å². The van der Waals surface area contributed by atoms with Gasteiger partial charge in [-0.05, 0) is 6.85 Å². The van der Waals surface area contributed by atoms with Crippen molar-refractivity contribution in [3.63, 3.8) is 0 Å². The maximum Gasteiger partial charge on any atom is 0.0742 e. The molecule has 2 heteroatoms. The van der Waals surface area contributed by atoms with Gasteiger partial charge in [0.15, 0.2) is 0 Å². The van der Waals surface area contributed by atoms with Gasteiger partial charge in [0.05, 0.1) is 14.1 Å². The standard InChI is InChI=1S/C3H8O2/c1-3(5)2-4/h3-5H,2H2,1H3/i1D3,3D. The predicted octanol–water partition coefficient (Wildman–Crippen LogP) is -0.641. The first-order valence-corrected chi connectivity index (χ1v) is 1.14. The summed E-state index contributed by atoms with van der Waals surface area (Å²) in [6, 6.07) is 0. The fourth-order valence-corrected chi connectivity index (χ4v) is 0. The van der Waals surface area contributed by atoms with Crippen LogP contribution in [0, 0.1) is 0 Å². The normalized spacial score (nSPS) is 35.6. The van der Waals surface area contributed by atoms with Gasteiger partial charge >= 0.3 is 0 Å². The van der Waals surface area contributed by atoms with E-state index in [9.17, 15) is 0 Å². The molecule has 0 fully saturated rings. The molecule has 1 unspecified atom stereocenters. The molecule has 2 N–H and O–H groups in total. The molecule has 5 heavy (non-hydrogen) atoms. The molecule has 0 rings (SSSR count). The molecule has 2 nitrogen and oxygen atoms in total. The van der Waals surface area contributed by atoms with Crippen molar-refractivity contribution in [2.45, 2.75) is 12.9 Å². The molecule has 0 aliphatic carbocycles. The highest BCUT2D eigenvalue weighted by Gasteiger charge is 1.83. The Morgan fingerprint density at radius 3 is 3.00 bits per heavy atom. The van der Waals surface area contributed by atoms with Gasteiger partial charge < -0.3 is 10.2 Å². The van der Waals surface area contributed by atoms with Crippen molar-refractivity contribution in [3.05, 3.63) is 0 Å². The smallest absolute Gasteiger partial charge is 0.0742 e. The second kappa shape index (κ2) is 2.18. The van der Waals surface area contributed by atoms with E-state index < -0.39 is 19.5 Å². The van der Waals surface area contributed by atoms with Crippen LogP contribution < -0.4 is 0 Å². The van der Waals surface area contributed by atoms with Gasteiger partial charge in [0.2, 0.25) is 0 Å². The lowest BCUT2D eigenvalue weighted by Crippen LogP contribution is -2.03. The molecule has 0 saturated carbocycles. The Morgan fingerprint density at radius 2 is 3.00 bits per heavy atom. The van der Waals surface area contributed by atoms with E-state index >= 15 is 0 Å². The van der Waals surface area contributed by atoms with E-state index in [1.807, 2.05) is 0 Å². The lowest BCUT2D eigenvalue weighted by atomic mass is 10.5. The van der Waals surface area contributed by atoms with Gasteiger partial charge in [0.1, 0.15) is 0 Å². The highest BCUT2D eigenvalue weighted by atomic mass is 16.3. The zero-order chi connectivity index (χ0) is 7.71. The minimum absolute atomic E-state index is 1.08. The zero-order valence-corrected chi connectivity index (χ0v) is 2.60. The van der Waals surface area contributed by atoms with Crippen molar-refractivity contribution < 1.29 is 15.7 Å². The van der Waals surface area contributed by atoms with Crippen LogP contribution in [0.2, 0.25) is 0 Å². The van der Waals surface area contributed by atoms with Gasteiger partial charge in [0, 0.05) is 4.11 Å². The Labute approximate surface area is 36.7 Å². The number of aliphatic hydroxyl groups excluding tert-OH is 1. The molecule has 0 aliphatic heterocycles. The van der Waals surface area contributed by atoms with Crippen molar-refractivity contribution in [1.82, 2.24) is 0 Å². The van der Waals surface area contributed by atoms with E-state index in [1.54, 1.807) is 0 Å². The molecule has 0 bridgehead atoms. The lowest BCUT2D eigenvalue weighted by molar-refractivity contribution is 0.110. The van der Waals surface area contributed by atoms with Crippen LogP contribution in [-0.4, -0.2) is 22.9 Å². The third kappa shape index (κ3) is 3.92. The molecule has 1 atom stereocenters. The molecule has 0 aromatic heterocycles. The predicted molar refractivity (Wildman–Crippen MR) is 18.8 cm³/mol. The molecular weight excluding hydrogens is 68.0 g/mol. The van der Waals surface area contributed by atoms with Gasteiger partial charge in [-0.3, -0.25) is 0 Å². The quantitative estimate of drug-likeness (QED) is 0.440. The summed E-state index contributed by atoms with van der Waals surface area (Å²) in [6.07, 6.45) is -2.72. The van der Waals surface area contributed by atoms with Crippen LogP contribution in [0.25, 0.3) is 0 Å². The number of hydrogen-bond donors (Lipinski definition) is 2. The van der Waals surface area contributed by atoms with E-state index in [2.05, 4.69) is 0 Å². The Morgan fingerprint density at radius 1 is 2.40 bits per heavy atom. The molecule has 0 radical (unpaired) electrons. The van der Waals surface area contributed by atoms with Crippen LogP contribution in [0.15, 0.2) is 0 Å². The van der Waals surface area contributed by atoms with Gasteiger partial charge in [-0.15, -0.1) is 0 Å². The molecular formula is C3H8O2. The van der Waals surface area contributed by atoms with Crippen LogP contribution in [0.1, 0.15) is 12.3 Å². The monoisotopic (exact) mass is 80.1 g/mol. The third-order valence-corrected chi connectivity index (χ3v) is 0.150. The van der Waals surface area contributed by atoms with Crippen LogP contribution >= 0.6 is 0 Å².